The summed E-state index contributed by atoms with van der Waals surface area (Å²) in [7, 11) is 3.18. The Morgan fingerprint density at radius 1 is 1.45 bits per heavy atom. The molecule has 1 aliphatic rings. The summed E-state index contributed by atoms with van der Waals surface area (Å²) in [6.45, 7) is 0. The highest BCUT2D eigenvalue weighted by atomic mass is 32.2. The summed E-state index contributed by atoms with van der Waals surface area (Å²) >= 11 is 1.27. The van der Waals surface area contributed by atoms with Crippen LogP contribution in [0, 0.1) is 0 Å². The number of nitrogens with one attached hydrogen (secondary N) is 2. The van der Waals surface area contributed by atoms with Crippen molar-refractivity contribution < 1.29 is 14.3 Å². The number of methoxy groups -OCH3 is 1. The second-order valence-corrected chi connectivity index (χ2v) is 5.30. The Labute approximate surface area is 121 Å². The number of thioether (sulfide) groups is 1. The standard InChI is InChI=1S/C13H15N3O3S/c1-14-13-16-12(18)10(20-13)7-11(17)15-8-3-5-9(19-2)6-4-8/h3-6,10H,7H2,1-2H3,(H,15,17)(H,14,16,18)/t10-/m0/s1. The Morgan fingerprint density at radius 3 is 2.70 bits per heavy atom. The molecule has 0 unspecified atom stereocenters. The average Bonchev–Trinajstić information content (AvgIpc) is 2.80. The summed E-state index contributed by atoms with van der Waals surface area (Å²) in [5.41, 5.74) is 0.670. The summed E-state index contributed by atoms with van der Waals surface area (Å²) in [6.07, 6.45) is 0.113. The third-order valence-electron chi connectivity index (χ3n) is 2.72. The van der Waals surface area contributed by atoms with Crippen LogP contribution in [-0.4, -0.2) is 36.4 Å². The molecular weight excluding hydrogens is 278 g/mol. The lowest BCUT2D eigenvalue weighted by atomic mass is 10.2. The highest BCUT2D eigenvalue weighted by Gasteiger charge is 2.31. The molecule has 0 saturated carbocycles. The Bertz CT molecular complexity index is 542. The van der Waals surface area contributed by atoms with Gasteiger partial charge in [-0.05, 0) is 24.3 Å². The maximum absolute atomic E-state index is 11.9. The van der Waals surface area contributed by atoms with Crippen LogP contribution in [0.15, 0.2) is 29.3 Å². The predicted molar refractivity (Wildman–Crippen MR) is 79.1 cm³/mol. The Balaban J connectivity index is 1.90. The third-order valence-corrected chi connectivity index (χ3v) is 3.90. The zero-order valence-electron chi connectivity index (χ0n) is 11.2. The molecule has 0 radical (unpaired) electrons. The molecule has 1 aliphatic heterocycles. The largest absolute Gasteiger partial charge is 0.497 e. The van der Waals surface area contributed by atoms with Crippen molar-refractivity contribution in [2.75, 3.05) is 19.5 Å². The van der Waals surface area contributed by atoms with Crippen molar-refractivity contribution >= 4 is 34.4 Å². The molecule has 2 amide bonds. The van der Waals surface area contributed by atoms with Crippen molar-refractivity contribution in [3.63, 3.8) is 0 Å². The Kier molecular flexibility index (Phi) is 4.62. The molecule has 0 aliphatic carbocycles. The monoisotopic (exact) mass is 293 g/mol. The highest BCUT2D eigenvalue weighted by Crippen LogP contribution is 2.23. The SMILES string of the molecule is CN=C1NC(=O)[C@H](CC(=O)Nc2ccc(OC)cc2)S1. The fourth-order valence-corrected chi connectivity index (χ4v) is 2.64. The number of benzene rings is 1. The summed E-state index contributed by atoms with van der Waals surface area (Å²) in [4.78, 5) is 27.4. The number of nitrogens with zero attached hydrogens (tertiary/aromatic N) is 1. The summed E-state index contributed by atoms with van der Waals surface area (Å²) in [5.74, 6) is 0.332. The molecule has 0 spiro atoms. The van der Waals surface area contributed by atoms with E-state index in [-0.39, 0.29) is 18.2 Å². The van der Waals surface area contributed by atoms with Gasteiger partial charge in [0.05, 0.1) is 7.11 Å². The molecule has 1 fully saturated rings. The zero-order valence-corrected chi connectivity index (χ0v) is 12.0. The molecule has 0 aromatic heterocycles. The number of carbonyl (C=O) groups is 2. The predicted octanol–water partition coefficient (Wildman–Crippen LogP) is 1.24. The van der Waals surface area contributed by atoms with Crippen LogP contribution in [0.5, 0.6) is 5.75 Å². The first-order valence-corrected chi connectivity index (χ1v) is 6.88. The third kappa shape index (κ3) is 3.51. The van der Waals surface area contributed by atoms with E-state index >= 15 is 0 Å². The summed E-state index contributed by atoms with van der Waals surface area (Å²) in [5, 5.41) is 5.49. The van der Waals surface area contributed by atoms with E-state index in [0.717, 1.165) is 5.75 Å². The van der Waals surface area contributed by atoms with Crippen molar-refractivity contribution in [3.05, 3.63) is 24.3 Å². The van der Waals surface area contributed by atoms with E-state index in [1.54, 1.807) is 38.4 Å². The number of aliphatic imine (C=N–C) groups is 1. The maximum Gasteiger partial charge on any atom is 0.240 e. The van der Waals surface area contributed by atoms with Gasteiger partial charge in [-0.3, -0.25) is 14.6 Å². The van der Waals surface area contributed by atoms with Crippen LogP contribution in [0.3, 0.4) is 0 Å². The van der Waals surface area contributed by atoms with Crippen LogP contribution in [0.25, 0.3) is 0 Å². The van der Waals surface area contributed by atoms with Crippen LogP contribution < -0.4 is 15.4 Å². The van der Waals surface area contributed by atoms with Gasteiger partial charge in [0.1, 0.15) is 11.0 Å². The lowest BCUT2D eigenvalue weighted by Gasteiger charge is -2.08. The smallest absolute Gasteiger partial charge is 0.240 e. The van der Waals surface area contributed by atoms with E-state index in [4.69, 9.17) is 4.74 Å². The minimum Gasteiger partial charge on any atom is -0.497 e. The molecule has 2 rings (SSSR count). The first-order chi connectivity index (χ1) is 9.62. The minimum absolute atomic E-state index is 0.113. The summed E-state index contributed by atoms with van der Waals surface area (Å²) in [6, 6.07) is 7.01. The van der Waals surface area contributed by atoms with E-state index in [0.29, 0.717) is 10.9 Å². The molecule has 7 heteroatoms. The van der Waals surface area contributed by atoms with Gasteiger partial charge in [0.25, 0.3) is 0 Å². The van der Waals surface area contributed by atoms with Crippen LogP contribution in [0.4, 0.5) is 5.69 Å². The quantitative estimate of drug-likeness (QED) is 0.875. The van der Waals surface area contributed by atoms with Gasteiger partial charge in [-0.1, -0.05) is 11.8 Å². The first-order valence-electron chi connectivity index (χ1n) is 6.00. The van der Waals surface area contributed by atoms with Crippen LogP contribution in [0.2, 0.25) is 0 Å². The highest BCUT2D eigenvalue weighted by molar-refractivity contribution is 8.15. The van der Waals surface area contributed by atoms with E-state index in [9.17, 15) is 9.59 Å². The summed E-state index contributed by atoms with van der Waals surface area (Å²) < 4.78 is 5.04. The van der Waals surface area contributed by atoms with Gasteiger partial charge in [-0.25, -0.2) is 0 Å². The Morgan fingerprint density at radius 2 is 2.15 bits per heavy atom. The molecule has 2 N–H and O–H groups in total. The normalized spacial score (nSPS) is 19.8. The Hall–Kier alpha value is -2.02. The van der Waals surface area contributed by atoms with Gasteiger partial charge < -0.3 is 15.4 Å². The zero-order chi connectivity index (χ0) is 14.5. The lowest BCUT2D eigenvalue weighted by molar-refractivity contribution is -0.122. The molecule has 1 heterocycles. The van der Waals surface area contributed by atoms with Crippen molar-refractivity contribution in [2.24, 2.45) is 4.99 Å². The molecular formula is C13H15N3O3S. The van der Waals surface area contributed by atoms with Crippen molar-refractivity contribution in [2.45, 2.75) is 11.7 Å². The number of hydrogen-bond donors (Lipinski definition) is 2. The second-order valence-electron chi connectivity index (χ2n) is 4.11. The van der Waals surface area contributed by atoms with Crippen molar-refractivity contribution in [3.8, 4) is 5.75 Å². The fourth-order valence-electron chi connectivity index (χ4n) is 1.70. The number of amides is 2. The minimum atomic E-state index is -0.424. The van der Waals surface area contributed by atoms with Gasteiger partial charge in [0.2, 0.25) is 11.8 Å². The van der Waals surface area contributed by atoms with Crippen molar-refractivity contribution in [1.29, 1.82) is 0 Å². The van der Waals surface area contributed by atoms with Crippen molar-refractivity contribution in [1.82, 2.24) is 5.32 Å². The maximum atomic E-state index is 11.9. The number of carbonyl (C=O) groups excluding carboxylic acids is 2. The number of amidine groups is 1. The van der Waals surface area contributed by atoms with Crippen LogP contribution >= 0.6 is 11.8 Å². The van der Waals surface area contributed by atoms with Crippen LogP contribution in [-0.2, 0) is 9.59 Å². The average molecular weight is 293 g/mol. The topological polar surface area (TPSA) is 79.8 Å². The lowest BCUT2D eigenvalue weighted by Crippen LogP contribution is -2.28. The second kappa shape index (κ2) is 6.42. The van der Waals surface area contributed by atoms with Gasteiger partial charge in [0, 0.05) is 19.2 Å². The van der Waals surface area contributed by atoms with Gasteiger partial charge in [-0.2, -0.15) is 0 Å². The van der Waals surface area contributed by atoms with E-state index < -0.39 is 5.25 Å². The van der Waals surface area contributed by atoms with Gasteiger partial charge in [0.15, 0.2) is 5.17 Å². The molecule has 106 valence electrons. The molecule has 20 heavy (non-hydrogen) atoms. The molecule has 1 aromatic carbocycles. The number of anilines is 1. The molecule has 6 nitrogen and oxygen atoms in total. The van der Waals surface area contributed by atoms with E-state index in [1.165, 1.54) is 11.8 Å². The number of ether oxygens (including phenoxy) is 1. The van der Waals surface area contributed by atoms with E-state index in [2.05, 4.69) is 15.6 Å². The van der Waals surface area contributed by atoms with Gasteiger partial charge >= 0.3 is 0 Å². The molecule has 1 atom stereocenters. The fraction of sp³-hybridized carbons (Fsp3) is 0.308. The first kappa shape index (κ1) is 14.4. The molecule has 1 aromatic rings. The van der Waals surface area contributed by atoms with Crippen LogP contribution in [0.1, 0.15) is 6.42 Å². The van der Waals surface area contributed by atoms with Gasteiger partial charge in [-0.15, -0.1) is 0 Å². The van der Waals surface area contributed by atoms with E-state index in [1.807, 2.05) is 0 Å². The number of hydrogen-bond acceptors (Lipinski definition) is 5. The number of rotatable bonds is 4. The molecule has 0 bridgehead atoms. The molecule has 1 saturated heterocycles.